The van der Waals surface area contributed by atoms with Crippen molar-refractivity contribution in [3.63, 3.8) is 0 Å². The number of hydrogen-bond donors (Lipinski definition) is 2. The molecule has 0 fully saturated rings. The molecule has 0 saturated heterocycles. The molecule has 0 bridgehead atoms. The van der Waals surface area contributed by atoms with E-state index in [4.69, 9.17) is 5.84 Å². The molecule has 0 aromatic carbocycles. The van der Waals surface area contributed by atoms with Crippen molar-refractivity contribution in [3.05, 3.63) is 10.7 Å². The maximum atomic E-state index is 11.6. The number of halogens is 1. The van der Waals surface area contributed by atoms with Crippen LogP contribution in [0.3, 0.4) is 0 Å². The summed E-state index contributed by atoms with van der Waals surface area (Å²) in [5.74, 6) is 6.12. The Morgan fingerprint density at radius 1 is 1.53 bits per heavy atom. The summed E-state index contributed by atoms with van der Waals surface area (Å²) >= 11 is 3.33. The third kappa shape index (κ3) is 3.53. The van der Waals surface area contributed by atoms with Crippen molar-refractivity contribution in [2.24, 2.45) is 5.84 Å². The topological polar surface area (TPSA) is 87.4 Å². The third-order valence-corrected chi connectivity index (χ3v) is 2.65. The zero-order valence-electron chi connectivity index (χ0n) is 9.94. The molecule has 1 aromatic rings. The lowest BCUT2D eigenvalue weighted by Gasteiger charge is -2.21. The summed E-state index contributed by atoms with van der Waals surface area (Å²) in [6.07, 6.45) is 1.58. The van der Waals surface area contributed by atoms with E-state index in [2.05, 4.69) is 31.3 Å². The number of likely N-dealkylation sites (N-methyl/N-ethyl adjacent to an activating group) is 2. The van der Waals surface area contributed by atoms with E-state index in [9.17, 15) is 4.79 Å². The average molecular weight is 303 g/mol. The largest absolute Gasteiger partial charge is 0.349 e. The van der Waals surface area contributed by atoms with E-state index < -0.39 is 0 Å². The van der Waals surface area contributed by atoms with Gasteiger partial charge in [-0.15, -0.1) is 0 Å². The Hall–Kier alpha value is -1.41. The van der Waals surface area contributed by atoms with Gasteiger partial charge in [0.1, 0.15) is 5.82 Å². The number of amides is 1. The normalized spacial score (nSPS) is 9.94. The number of nitrogens with zero attached hydrogens (tertiary/aromatic N) is 4. The van der Waals surface area contributed by atoms with E-state index in [1.54, 1.807) is 32.2 Å². The van der Waals surface area contributed by atoms with Crippen LogP contribution in [0.25, 0.3) is 0 Å². The Labute approximate surface area is 108 Å². The number of anilines is 2. The molecule has 0 unspecified atom stereocenters. The lowest BCUT2D eigenvalue weighted by atomic mass is 10.4. The van der Waals surface area contributed by atoms with Crippen LogP contribution in [0.4, 0.5) is 11.8 Å². The van der Waals surface area contributed by atoms with Gasteiger partial charge in [0.2, 0.25) is 11.9 Å². The highest BCUT2D eigenvalue weighted by Crippen LogP contribution is 2.22. The second kappa shape index (κ2) is 5.78. The van der Waals surface area contributed by atoms with Crippen LogP contribution in [-0.2, 0) is 4.79 Å². The van der Waals surface area contributed by atoms with Crippen molar-refractivity contribution in [1.29, 1.82) is 0 Å². The first-order valence-corrected chi connectivity index (χ1v) is 5.65. The van der Waals surface area contributed by atoms with Crippen molar-refractivity contribution in [1.82, 2.24) is 14.9 Å². The smallest absolute Gasteiger partial charge is 0.241 e. The Morgan fingerprint density at radius 2 is 2.18 bits per heavy atom. The molecule has 94 valence electrons. The van der Waals surface area contributed by atoms with Crippen LogP contribution < -0.4 is 16.2 Å². The molecular formula is C9H15BrN6O. The van der Waals surface area contributed by atoms with Gasteiger partial charge in [0.05, 0.1) is 11.0 Å². The van der Waals surface area contributed by atoms with Gasteiger partial charge in [-0.2, -0.15) is 4.98 Å². The highest BCUT2D eigenvalue weighted by Gasteiger charge is 2.14. The lowest BCUT2D eigenvalue weighted by Crippen LogP contribution is -2.35. The minimum Gasteiger partial charge on any atom is -0.349 e. The minimum atomic E-state index is -0.0136. The van der Waals surface area contributed by atoms with Crippen LogP contribution in [0.1, 0.15) is 0 Å². The number of aromatic nitrogens is 2. The average Bonchev–Trinajstić information content (AvgIpc) is 2.29. The van der Waals surface area contributed by atoms with Crippen LogP contribution in [0, 0.1) is 0 Å². The highest BCUT2D eigenvalue weighted by molar-refractivity contribution is 9.10. The van der Waals surface area contributed by atoms with Crippen molar-refractivity contribution >= 4 is 33.6 Å². The van der Waals surface area contributed by atoms with Gasteiger partial charge in [-0.3, -0.25) is 10.2 Å². The molecule has 0 aliphatic heterocycles. The molecule has 17 heavy (non-hydrogen) atoms. The third-order valence-electron chi connectivity index (χ3n) is 2.09. The maximum Gasteiger partial charge on any atom is 0.241 e. The summed E-state index contributed by atoms with van der Waals surface area (Å²) in [4.78, 5) is 22.9. The molecule has 0 spiro atoms. The minimum absolute atomic E-state index is 0.0136. The zero-order valence-corrected chi connectivity index (χ0v) is 11.5. The predicted octanol–water partition coefficient (Wildman–Crippen LogP) is 0.0491. The molecule has 0 atom stereocenters. The number of carbonyl (C=O) groups is 1. The lowest BCUT2D eigenvalue weighted by molar-refractivity contribution is -0.127. The number of hydrazine groups is 1. The number of carbonyl (C=O) groups excluding carboxylic acids is 1. The second-order valence-corrected chi connectivity index (χ2v) is 4.51. The quantitative estimate of drug-likeness (QED) is 0.604. The molecule has 1 rings (SSSR count). The van der Waals surface area contributed by atoms with E-state index in [-0.39, 0.29) is 12.5 Å². The maximum absolute atomic E-state index is 11.6. The summed E-state index contributed by atoms with van der Waals surface area (Å²) in [6.45, 7) is 0.229. The molecule has 1 amide bonds. The van der Waals surface area contributed by atoms with E-state index in [1.807, 2.05) is 0 Å². The number of nitrogens with two attached hydrogens (primary N) is 1. The molecule has 7 nitrogen and oxygen atoms in total. The number of rotatable bonds is 4. The molecule has 1 heterocycles. The van der Waals surface area contributed by atoms with Gasteiger partial charge >= 0.3 is 0 Å². The standard InChI is InChI=1S/C9H15BrN6O/c1-15(2)7(17)5-16(3)8-6(10)4-12-9(13-8)14-11/h4H,5,11H2,1-3H3,(H,12,13,14). The van der Waals surface area contributed by atoms with Gasteiger partial charge in [0.25, 0.3) is 0 Å². The monoisotopic (exact) mass is 302 g/mol. The van der Waals surface area contributed by atoms with Gasteiger partial charge in [-0.1, -0.05) is 0 Å². The molecule has 0 radical (unpaired) electrons. The summed E-state index contributed by atoms with van der Waals surface area (Å²) in [5.41, 5.74) is 2.36. The first-order valence-electron chi connectivity index (χ1n) is 4.86. The summed E-state index contributed by atoms with van der Waals surface area (Å²) in [7, 11) is 5.19. The summed E-state index contributed by atoms with van der Waals surface area (Å²) in [5, 5.41) is 0. The summed E-state index contributed by atoms with van der Waals surface area (Å²) < 4.78 is 0.700. The Morgan fingerprint density at radius 3 is 2.71 bits per heavy atom. The molecular weight excluding hydrogens is 288 g/mol. The van der Waals surface area contributed by atoms with Crippen molar-refractivity contribution in [2.75, 3.05) is 38.0 Å². The zero-order chi connectivity index (χ0) is 13.0. The van der Waals surface area contributed by atoms with E-state index >= 15 is 0 Å². The number of nitrogen functional groups attached to an aromatic ring is 1. The Kier molecular flexibility index (Phi) is 4.64. The Balaban J connectivity index is 2.87. The fraction of sp³-hybridized carbons (Fsp3) is 0.444. The van der Waals surface area contributed by atoms with E-state index in [1.165, 1.54) is 4.90 Å². The number of hydrogen-bond acceptors (Lipinski definition) is 6. The van der Waals surface area contributed by atoms with E-state index in [0.717, 1.165) is 0 Å². The molecule has 0 aliphatic rings. The first-order chi connectivity index (χ1) is 7.95. The van der Waals surface area contributed by atoms with E-state index in [0.29, 0.717) is 16.2 Å². The predicted molar refractivity (Wildman–Crippen MR) is 69.5 cm³/mol. The number of nitrogens with one attached hydrogen (secondary N) is 1. The van der Waals surface area contributed by atoms with Gasteiger partial charge < -0.3 is 9.80 Å². The van der Waals surface area contributed by atoms with Crippen molar-refractivity contribution < 1.29 is 4.79 Å². The van der Waals surface area contributed by atoms with Gasteiger partial charge in [0.15, 0.2) is 0 Å². The fourth-order valence-electron chi connectivity index (χ4n) is 1.11. The SMILES string of the molecule is CN(C)C(=O)CN(C)c1nc(NN)ncc1Br. The van der Waals surface area contributed by atoms with Gasteiger partial charge in [-0.25, -0.2) is 10.8 Å². The van der Waals surface area contributed by atoms with Gasteiger partial charge in [-0.05, 0) is 15.9 Å². The molecule has 0 aliphatic carbocycles. The van der Waals surface area contributed by atoms with Crippen LogP contribution >= 0.6 is 15.9 Å². The summed E-state index contributed by atoms with van der Waals surface area (Å²) in [6, 6.07) is 0. The van der Waals surface area contributed by atoms with Crippen LogP contribution in [0.5, 0.6) is 0 Å². The molecule has 1 aromatic heterocycles. The van der Waals surface area contributed by atoms with Crippen molar-refractivity contribution in [3.8, 4) is 0 Å². The van der Waals surface area contributed by atoms with Gasteiger partial charge in [0, 0.05) is 27.3 Å². The Bertz CT molecular complexity index is 410. The first kappa shape index (κ1) is 13.7. The second-order valence-electron chi connectivity index (χ2n) is 3.65. The fourth-order valence-corrected chi connectivity index (χ4v) is 1.61. The van der Waals surface area contributed by atoms with Crippen LogP contribution in [-0.4, -0.2) is 48.5 Å². The van der Waals surface area contributed by atoms with Crippen LogP contribution in [0.15, 0.2) is 10.7 Å². The van der Waals surface area contributed by atoms with Crippen molar-refractivity contribution in [2.45, 2.75) is 0 Å². The van der Waals surface area contributed by atoms with Crippen LogP contribution in [0.2, 0.25) is 0 Å². The molecule has 8 heteroatoms. The highest BCUT2D eigenvalue weighted by atomic mass is 79.9. The molecule has 3 N–H and O–H groups in total. The molecule has 0 saturated carbocycles.